The fourth-order valence-corrected chi connectivity index (χ4v) is 2.20. The first-order valence-corrected chi connectivity index (χ1v) is 5.73. The summed E-state index contributed by atoms with van der Waals surface area (Å²) in [5.41, 5.74) is 0. The van der Waals surface area contributed by atoms with Gasteiger partial charge in [0.2, 0.25) is 0 Å². The summed E-state index contributed by atoms with van der Waals surface area (Å²) in [6.07, 6.45) is 2.72. The van der Waals surface area contributed by atoms with Crippen LogP contribution in [0.25, 0.3) is 0 Å². The molecule has 0 saturated heterocycles. The van der Waals surface area contributed by atoms with Gasteiger partial charge >= 0.3 is 7.12 Å². The first-order chi connectivity index (χ1) is 6.75. The Hall–Kier alpha value is -0.355. The van der Waals surface area contributed by atoms with Gasteiger partial charge in [0, 0.05) is 16.2 Å². The molecule has 0 radical (unpaired) electrons. The summed E-state index contributed by atoms with van der Waals surface area (Å²) in [5, 5.41) is 21.2. The molecule has 0 atom stereocenters. The molecule has 0 amide bonds. The maximum Gasteiger partial charge on any atom is 0.499 e. The van der Waals surface area contributed by atoms with Gasteiger partial charge in [0.25, 0.3) is 0 Å². The molecule has 1 aliphatic rings. The predicted molar refractivity (Wildman–Crippen MR) is 58.6 cm³/mol. The molecule has 0 bridgehead atoms. The van der Waals surface area contributed by atoms with E-state index in [0.717, 1.165) is 23.9 Å². The fraction of sp³-hybridized carbons (Fsp3) is 0.556. The molecular weight excluding hydrogens is 197 g/mol. The summed E-state index contributed by atoms with van der Waals surface area (Å²) in [7, 11) is -1.32. The van der Waals surface area contributed by atoms with Crippen molar-refractivity contribution in [1.29, 1.82) is 0 Å². The van der Waals surface area contributed by atoms with Crippen LogP contribution in [-0.4, -0.2) is 23.7 Å². The van der Waals surface area contributed by atoms with Crippen LogP contribution in [0.3, 0.4) is 0 Å². The minimum Gasteiger partial charge on any atom is -0.423 e. The molecule has 1 aromatic rings. The molecule has 76 valence electrons. The number of hydrogen-bond donors (Lipinski definition) is 3. The quantitative estimate of drug-likeness (QED) is 0.597. The topological polar surface area (TPSA) is 52.5 Å². The molecular formula is C9H14BNO2S. The molecule has 1 fully saturated rings. The van der Waals surface area contributed by atoms with Crippen LogP contribution in [0.1, 0.15) is 17.7 Å². The molecule has 1 aromatic heterocycles. The van der Waals surface area contributed by atoms with Crippen molar-refractivity contribution in [3.05, 3.63) is 17.0 Å². The van der Waals surface area contributed by atoms with E-state index >= 15 is 0 Å². The van der Waals surface area contributed by atoms with Crippen LogP contribution in [0.15, 0.2) is 12.1 Å². The Bertz CT molecular complexity index is 299. The van der Waals surface area contributed by atoms with Crippen molar-refractivity contribution < 1.29 is 10.0 Å². The summed E-state index contributed by atoms with van der Waals surface area (Å²) >= 11 is 1.45. The third kappa shape index (κ3) is 2.82. The second kappa shape index (κ2) is 4.44. The van der Waals surface area contributed by atoms with E-state index in [-0.39, 0.29) is 0 Å². The van der Waals surface area contributed by atoms with Crippen molar-refractivity contribution in [2.24, 2.45) is 5.92 Å². The number of thiophene rings is 1. The average Bonchev–Trinajstić information content (AvgIpc) is 2.82. The lowest BCUT2D eigenvalue weighted by molar-refractivity contribution is 0.427. The van der Waals surface area contributed by atoms with Gasteiger partial charge in [-0.15, -0.1) is 11.3 Å². The maximum atomic E-state index is 8.91. The summed E-state index contributed by atoms with van der Waals surface area (Å²) in [5.74, 6) is 0.887. The Kier molecular flexibility index (Phi) is 3.23. The van der Waals surface area contributed by atoms with E-state index < -0.39 is 7.12 Å². The highest BCUT2D eigenvalue weighted by atomic mass is 32.1. The minimum absolute atomic E-state index is 0.619. The molecule has 0 spiro atoms. The maximum absolute atomic E-state index is 8.91. The van der Waals surface area contributed by atoms with E-state index in [1.807, 2.05) is 6.07 Å². The molecule has 0 aliphatic heterocycles. The van der Waals surface area contributed by atoms with E-state index in [1.54, 1.807) is 6.07 Å². The number of nitrogens with one attached hydrogen (secondary N) is 1. The fourth-order valence-electron chi connectivity index (χ4n) is 1.35. The third-order valence-corrected chi connectivity index (χ3v) is 3.49. The smallest absolute Gasteiger partial charge is 0.423 e. The zero-order valence-corrected chi connectivity index (χ0v) is 8.76. The van der Waals surface area contributed by atoms with Crippen LogP contribution in [0, 0.1) is 5.92 Å². The minimum atomic E-state index is -1.32. The average molecular weight is 211 g/mol. The highest BCUT2D eigenvalue weighted by Crippen LogP contribution is 2.27. The van der Waals surface area contributed by atoms with Gasteiger partial charge in [-0.05, 0) is 31.4 Å². The Morgan fingerprint density at radius 3 is 2.79 bits per heavy atom. The van der Waals surface area contributed by atoms with Crippen LogP contribution >= 0.6 is 11.3 Å². The highest BCUT2D eigenvalue weighted by molar-refractivity contribution is 7.22. The van der Waals surface area contributed by atoms with Gasteiger partial charge in [-0.25, -0.2) is 0 Å². The van der Waals surface area contributed by atoms with Gasteiger partial charge < -0.3 is 15.4 Å². The van der Waals surface area contributed by atoms with E-state index in [1.165, 1.54) is 24.2 Å². The van der Waals surface area contributed by atoms with E-state index in [4.69, 9.17) is 10.0 Å². The van der Waals surface area contributed by atoms with Gasteiger partial charge in [0.15, 0.2) is 0 Å². The number of hydrogen-bond acceptors (Lipinski definition) is 4. The van der Waals surface area contributed by atoms with Crippen molar-refractivity contribution in [3.8, 4) is 0 Å². The molecule has 14 heavy (non-hydrogen) atoms. The van der Waals surface area contributed by atoms with Crippen LogP contribution in [0.2, 0.25) is 0 Å². The monoisotopic (exact) mass is 211 g/mol. The van der Waals surface area contributed by atoms with Gasteiger partial charge in [0.05, 0.1) is 0 Å². The van der Waals surface area contributed by atoms with Crippen LogP contribution in [0.4, 0.5) is 0 Å². The third-order valence-electron chi connectivity index (χ3n) is 2.37. The Morgan fingerprint density at radius 2 is 2.21 bits per heavy atom. The molecule has 5 heteroatoms. The summed E-state index contributed by atoms with van der Waals surface area (Å²) in [6.45, 7) is 1.93. The predicted octanol–water partition coefficient (Wildman–Crippen LogP) is -0.0725. The molecule has 2 rings (SSSR count). The van der Waals surface area contributed by atoms with Gasteiger partial charge in [-0.2, -0.15) is 0 Å². The lowest BCUT2D eigenvalue weighted by Crippen LogP contribution is -2.26. The van der Waals surface area contributed by atoms with E-state index in [9.17, 15) is 0 Å². The largest absolute Gasteiger partial charge is 0.499 e. The summed E-state index contributed by atoms with van der Waals surface area (Å²) in [6, 6.07) is 3.71. The lowest BCUT2D eigenvalue weighted by atomic mass is 9.90. The molecule has 3 nitrogen and oxygen atoms in total. The van der Waals surface area contributed by atoms with Crippen molar-refractivity contribution in [2.75, 3.05) is 6.54 Å². The van der Waals surface area contributed by atoms with Gasteiger partial charge in [0.1, 0.15) is 0 Å². The molecule has 1 heterocycles. The van der Waals surface area contributed by atoms with Gasteiger partial charge in [-0.1, -0.05) is 6.07 Å². The molecule has 0 aromatic carbocycles. The lowest BCUT2D eigenvalue weighted by Gasteiger charge is -1.99. The van der Waals surface area contributed by atoms with Crippen molar-refractivity contribution in [3.63, 3.8) is 0 Å². The zero-order chi connectivity index (χ0) is 9.97. The summed E-state index contributed by atoms with van der Waals surface area (Å²) < 4.78 is 0.619. The van der Waals surface area contributed by atoms with Crippen molar-refractivity contribution in [1.82, 2.24) is 5.32 Å². The van der Waals surface area contributed by atoms with Crippen molar-refractivity contribution >= 4 is 23.2 Å². The summed E-state index contributed by atoms with van der Waals surface area (Å²) in [4.78, 5) is 1.16. The zero-order valence-electron chi connectivity index (χ0n) is 7.94. The Balaban J connectivity index is 1.77. The first-order valence-electron chi connectivity index (χ1n) is 4.91. The van der Waals surface area contributed by atoms with Crippen LogP contribution in [-0.2, 0) is 6.54 Å². The molecule has 1 aliphatic carbocycles. The van der Waals surface area contributed by atoms with Crippen molar-refractivity contribution in [2.45, 2.75) is 19.4 Å². The second-order valence-electron chi connectivity index (χ2n) is 3.75. The molecule has 0 unspecified atom stereocenters. The Labute approximate surface area is 87.9 Å². The normalized spacial score (nSPS) is 15.9. The SMILES string of the molecule is OB(O)c1ccc(CNCC2CC2)s1. The Morgan fingerprint density at radius 1 is 1.43 bits per heavy atom. The second-order valence-corrected chi connectivity index (χ2v) is 4.95. The first kappa shape index (κ1) is 10.2. The standard InChI is InChI=1S/C9H14BNO2S/c12-10(13)9-4-3-8(14-9)6-11-5-7-1-2-7/h3-4,7,11-13H,1-2,5-6H2. The highest BCUT2D eigenvalue weighted by Gasteiger charge is 2.20. The van der Waals surface area contributed by atoms with E-state index in [2.05, 4.69) is 5.32 Å². The van der Waals surface area contributed by atoms with Crippen LogP contribution < -0.4 is 10.1 Å². The molecule has 1 saturated carbocycles. The van der Waals surface area contributed by atoms with E-state index in [0.29, 0.717) is 4.78 Å². The number of rotatable bonds is 5. The van der Waals surface area contributed by atoms with Crippen LogP contribution in [0.5, 0.6) is 0 Å². The molecule has 3 N–H and O–H groups in total. The van der Waals surface area contributed by atoms with Gasteiger partial charge in [-0.3, -0.25) is 0 Å².